The molecule has 0 radical (unpaired) electrons. The van der Waals surface area contributed by atoms with Crippen molar-refractivity contribution in [2.75, 3.05) is 37.9 Å². The standard InChI is InChI=1S/C21H22N6O3/c1-15-22-4-5-27(15)20-12-19(23-13-24-20)25-6-8-26(9-7-25)21(28)11-16-2-3-17-18(10-16)30-14-29-17/h2-5,10,12-13H,6-9,11,14H2,1H3. The number of fused-ring (bicyclic) bond motifs is 1. The summed E-state index contributed by atoms with van der Waals surface area (Å²) < 4.78 is 12.7. The molecule has 1 amide bonds. The number of ether oxygens (including phenoxy) is 2. The van der Waals surface area contributed by atoms with E-state index < -0.39 is 0 Å². The minimum Gasteiger partial charge on any atom is -0.454 e. The maximum atomic E-state index is 12.8. The number of piperazine rings is 1. The van der Waals surface area contributed by atoms with Crippen molar-refractivity contribution in [1.82, 2.24) is 24.4 Å². The molecule has 4 heterocycles. The van der Waals surface area contributed by atoms with Gasteiger partial charge in [0.25, 0.3) is 0 Å². The molecule has 0 saturated carbocycles. The highest BCUT2D eigenvalue weighted by molar-refractivity contribution is 5.79. The molecule has 30 heavy (non-hydrogen) atoms. The zero-order chi connectivity index (χ0) is 20.5. The first-order chi connectivity index (χ1) is 14.7. The molecule has 2 aromatic heterocycles. The molecule has 2 aliphatic heterocycles. The first kappa shape index (κ1) is 18.4. The van der Waals surface area contributed by atoms with Crippen molar-refractivity contribution in [2.24, 2.45) is 0 Å². The first-order valence-corrected chi connectivity index (χ1v) is 9.91. The third-order valence-corrected chi connectivity index (χ3v) is 5.46. The Balaban J connectivity index is 1.21. The van der Waals surface area contributed by atoms with E-state index in [1.54, 1.807) is 12.5 Å². The van der Waals surface area contributed by atoms with Gasteiger partial charge in [0, 0.05) is 44.6 Å². The van der Waals surface area contributed by atoms with Crippen molar-refractivity contribution >= 4 is 11.7 Å². The molecule has 0 atom stereocenters. The van der Waals surface area contributed by atoms with Crippen LogP contribution in [0.1, 0.15) is 11.4 Å². The minimum absolute atomic E-state index is 0.117. The van der Waals surface area contributed by atoms with Crippen molar-refractivity contribution in [3.05, 3.63) is 54.4 Å². The van der Waals surface area contributed by atoms with Crippen LogP contribution in [-0.2, 0) is 11.2 Å². The van der Waals surface area contributed by atoms with Gasteiger partial charge in [-0.05, 0) is 24.6 Å². The molecule has 0 unspecified atom stereocenters. The number of imidazole rings is 1. The van der Waals surface area contributed by atoms with E-state index in [2.05, 4.69) is 19.9 Å². The van der Waals surface area contributed by atoms with Crippen LogP contribution in [0.5, 0.6) is 11.5 Å². The summed E-state index contributed by atoms with van der Waals surface area (Å²) >= 11 is 0. The minimum atomic E-state index is 0.117. The second kappa shape index (κ2) is 7.66. The number of aryl methyl sites for hydroxylation is 1. The molecular weight excluding hydrogens is 384 g/mol. The quantitative estimate of drug-likeness (QED) is 0.650. The fourth-order valence-corrected chi connectivity index (χ4v) is 3.78. The summed E-state index contributed by atoms with van der Waals surface area (Å²) in [5.41, 5.74) is 0.933. The highest BCUT2D eigenvalue weighted by Crippen LogP contribution is 2.32. The Bertz CT molecular complexity index is 1070. The molecule has 5 rings (SSSR count). The van der Waals surface area contributed by atoms with Gasteiger partial charge in [-0.25, -0.2) is 15.0 Å². The number of carbonyl (C=O) groups is 1. The van der Waals surface area contributed by atoms with E-state index in [-0.39, 0.29) is 12.7 Å². The second-order valence-electron chi connectivity index (χ2n) is 7.31. The summed E-state index contributed by atoms with van der Waals surface area (Å²) in [5.74, 6) is 4.07. The molecule has 3 aromatic rings. The predicted octanol–water partition coefficient (Wildman–Crippen LogP) is 1.59. The van der Waals surface area contributed by atoms with Crippen molar-refractivity contribution in [3.63, 3.8) is 0 Å². The summed E-state index contributed by atoms with van der Waals surface area (Å²) in [6.45, 7) is 4.95. The molecular formula is C21H22N6O3. The number of aromatic nitrogens is 4. The lowest BCUT2D eigenvalue weighted by molar-refractivity contribution is -0.130. The van der Waals surface area contributed by atoms with E-state index >= 15 is 0 Å². The number of amides is 1. The Hall–Kier alpha value is -3.62. The topological polar surface area (TPSA) is 85.6 Å². The molecule has 0 spiro atoms. The first-order valence-electron chi connectivity index (χ1n) is 9.91. The lowest BCUT2D eigenvalue weighted by Crippen LogP contribution is -2.49. The summed E-state index contributed by atoms with van der Waals surface area (Å²) in [5, 5.41) is 0. The van der Waals surface area contributed by atoms with Gasteiger partial charge in [-0.2, -0.15) is 0 Å². The summed E-state index contributed by atoms with van der Waals surface area (Å²) in [7, 11) is 0. The zero-order valence-electron chi connectivity index (χ0n) is 16.7. The number of hydrogen-bond donors (Lipinski definition) is 0. The summed E-state index contributed by atoms with van der Waals surface area (Å²) in [6, 6.07) is 7.62. The Morgan fingerprint density at radius 1 is 1.00 bits per heavy atom. The molecule has 2 aliphatic rings. The van der Waals surface area contributed by atoms with Gasteiger partial charge in [0.15, 0.2) is 11.5 Å². The number of nitrogens with zero attached hydrogens (tertiary/aromatic N) is 6. The normalized spacial score (nSPS) is 15.5. The van der Waals surface area contributed by atoms with Crippen LogP contribution in [0.25, 0.3) is 5.82 Å². The van der Waals surface area contributed by atoms with Gasteiger partial charge >= 0.3 is 0 Å². The molecule has 0 aliphatic carbocycles. The van der Waals surface area contributed by atoms with Crippen molar-refractivity contribution in [1.29, 1.82) is 0 Å². The number of benzene rings is 1. The zero-order valence-corrected chi connectivity index (χ0v) is 16.7. The number of anilines is 1. The van der Waals surface area contributed by atoms with Crippen LogP contribution in [0.3, 0.4) is 0 Å². The van der Waals surface area contributed by atoms with Crippen LogP contribution in [0.4, 0.5) is 5.82 Å². The van der Waals surface area contributed by atoms with Gasteiger partial charge in [0.1, 0.15) is 23.8 Å². The SMILES string of the molecule is Cc1nccn1-c1cc(N2CCN(C(=O)Cc3ccc4c(c3)OCO4)CC2)ncn1. The van der Waals surface area contributed by atoms with E-state index in [9.17, 15) is 4.79 Å². The van der Waals surface area contributed by atoms with Gasteiger partial charge in [-0.1, -0.05) is 6.07 Å². The van der Waals surface area contributed by atoms with E-state index in [1.807, 2.05) is 46.9 Å². The van der Waals surface area contributed by atoms with E-state index in [1.165, 1.54) is 0 Å². The Morgan fingerprint density at radius 3 is 2.60 bits per heavy atom. The van der Waals surface area contributed by atoms with Crippen LogP contribution < -0.4 is 14.4 Å². The van der Waals surface area contributed by atoms with Crippen LogP contribution >= 0.6 is 0 Å². The fraction of sp³-hybridized carbons (Fsp3) is 0.333. The third-order valence-electron chi connectivity index (χ3n) is 5.46. The molecule has 1 saturated heterocycles. The van der Waals surface area contributed by atoms with Gasteiger partial charge in [0.05, 0.1) is 6.42 Å². The van der Waals surface area contributed by atoms with E-state index in [0.29, 0.717) is 25.3 Å². The maximum Gasteiger partial charge on any atom is 0.231 e. The molecule has 1 fully saturated rings. The molecule has 1 aromatic carbocycles. The Labute approximate surface area is 173 Å². The average Bonchev–Trinajstić information content (AvgIpc) is 3.42. The summed E-state index contributed by atoms with van der Waals surface area (Å²) in [6.07, 6.45) is 5.56. The van der Waals surface area contributed by atoms with Crippen molar-refractivity contribution in [3.8, 4) is 17.3 Å². The maximum absolute atomic E-state index is 12.8. The van der Waals surface area contributed by atoms with Gasteiger partial charge in [0.2, 0.25) is 12.7 Å². The van der Waals surface area contributed by atoms with Crippen molar-refractivity contribution in [2.45, 2.75) is 13.3 Å². The Kier molecular flexibility index (Phi) is 4.70. The second-order valence-corrected chi connectivity index (χ2v) is 7.31. The van der Waals surface area contributed by atoms with Gasteiger partial charge < -0.3 is 19.3 Å². The van der Waals surface area contributed by atoms with Crippen LogP contribution in [0.2, 0.25) is 0 Å². The van der Waals surface area contributed by atoms with Gasteiger partial charge in [-0.3, -0.25) is 9.36 Å². The molecule has 0 N–H and O–H groups in total. The highest BCUT2D eigenvalue weighted by Gasteiger charge is 2.23. The fourth-order valence-electron chi connectivity index (χ4n) is 3.78. The lowest BCUT2D eigenvalue weighted by atomic mass is 10.1. The predicted molar refractivity (Wildman–Crippen MR) is 109 cm³/mol. The summed E-state index contributed by atoms with van der Waals surface area (Å²) in [4.78, 5) is 29.9. The lowest BCUT2D eigenvalue weighted by Gasteiger charge is -2.35. The molecule has 154 valence electrons. The Morgan fingerprint density at radius 2 is 1.80 bits per heavy atom. The molecule has 9 heteroatoms. The van der Waals surface area contributed by atoms with Crippen molar-refractivity contribution < 1.29 is 14.3 Å². The largest absolute Gasteiger partial charge is 0.454 e. The number of carbonyl (C=O) groups excluding carboxylic acids is 1. The molecule has 9 nitrogen and oxygen atoms in total. The van der Waals surface area contributed by atoms with Gasteiger partial charge in [-0.15, -0.1) is 0 Å². The van der Waals surface area contributed by atoms with Crippen LogP contribution in [-0.4, -0.2) is 63.3 Å². The third kappa shape index (κ3) is 3.54. The smallest absolute Gasteiger partial charge is 0.231 e. The monoisotopic (exact) mass is 406 g/mol. The van der Waals surface area contributed by atoms with E-state index in [0.717, 1.165) is 41.9 Å². The average molecular weight is 406 g/mol. The highest BCUT2D eigenvalue weighted by atomic mass is 16.7. The van der Waals surface area contributed by atoms with Crippen LogP contribution in [0.15, 0.2) is 43.0 Å². The number of hydrogen-bond acceptors (Lipinski definition) is 7. The van der Waals surface area contributed by atoms with Crippen LogP contribution in [0, 0.1) is 6.92 Å². The molecule has 0 bridgehead atoms. The number of rotatable bonds is 4. The van der Waals surface area contributed by atoms with E-state index in [4.69, 9.17) is 9.47 Å².